The highest BCUT2D eigenvalue weighted by Gasteiger charge is 2.46. The van der Waals surface area contributed by atoms with E-state index in [2.05, 4.69) is 37.2 Å². The number of alkyl carbamates (subject to hydrolysis) is 1. The van der Waals surface area contributed by atoms with Gasteiger partial charge in [-0.05, 0) is 107 Å². The topological polar surface area (TPSA) is 566 Å². The molecule has 1 saturated heterocycles. The van der Waals surface area contributed by atoms with Crippen LogP contribution in [-0.2, 0) is 140 Å². The Morgan fingerprint density at radius 2 is 1.13 bits per heavy atom. The molecule has 3 heterocycles. The smallest absolute Gasteiger partial charge is 0.410 e. The zero-order chi connectivity index (χ0) is 108. The number of benzene rings is 2. The van der Waals surface area contributed by atoms with Gasteiger partial charge in [0.15, 0.2) is 6.10 Å². The molecule has 12 amide bonds. The van der Waals surface area contributed by atoms with Crippen LogP contribution in [0.4, 0.5) is 15.3 Å². The number of carbonyl (C=O) groups excluding carboxylic acids is 12. The van der Waals surface area contributed by atoms with E-state index in [1.54, 1.807) is 106 Å². The first kappa shape index (κ1) is 126. The van der Waals surface area contributed by atoms with Crippen molar-refractivity contribution in [3.8, 4) is 5.75 Å². The van der Waals surface area contributed by atoms with Crippen molar-refractivity contribution >= 4 is 82.9 Å². The summed E-state index contributed by atoms with van der Waals surface area (Å²) in [4.78, 5) is 184. The van der Waals surface area contributed by atoms with Crippen LogP contribution in [-0.4, -0.2) is 409 Å². The Morgan fingerprint density at radius 3 is 1.63 bits per heavy atom. The van der Waals surface area contributed by atoms with E-state index in [-0.39, 0.29) is 99.1 Å². The average Bonchev–Trinajstić information content (AvgIpc) is 1.38. The van der Waals surface area contributed by atoms with E-state index in [0.29, 0.717) is 168 Å². The third-order valence-corrected chi connectivity index (χ3v) is 23.9. The van der Waals surface area contributed by atoms with Gasteiger partial charge in [-0.25, -0.2) is 14.4 Å². The van der Waals surface area contributed by atoms with Gasteiger partial charge in [0.25, 0.3) is 18.1 Å². The molecule has 0 spiro atoms. The number of unbranched alkanes of at least 4 members (excludes halogenated alkanes) is 1. The number of ether oxygens (including phenoxy) is 18. The molecule has 0 radical (unpaired) electrons. The van der Waals surface area contributed by atoms with Gasteiger partial charge in [-0.1, -0.05) is 91.3 Å². The van der Waals surface area contributed by atoms with Gasteiger partial charge in [-0.3, -0.25) is 57.7 Å². The minimum atomic E-state index is -1.91. The number of carbonyl (C=O) groups is 13. The van der Waals surface area contributed by atoms with E-state index in [1.165, 1.54) is 44.4 Å². The van der Waals surface area contributed by atoms with Gasteiger partial charge in [0, 0.05) is 80.1 Å². The Balaban J connectivity index is 1.14. The third-order valence-electron chi connectivity index (χ3n) is 23.9. The molecule has 11 N–H and O–H groups in total. The lowest BCUT2D eigenvalue weighted by molar-refractivity contribution is -0.172. The fourth-order valence-electron chi connectivity index (χ4n) is 15.9. The maximum absolute atomic E-state index is 15.1. The third kappa shape index (κ3) is 46.2. The summed E-state index contributed by atoms with van der Waals surface area (Å²) >= 11 is 0. The van der Waals surface area contributed by atoms with Gasteiger partial charge >= 0.3 is 18.2 Å². The van der Waals surface area contributed by atoms with Crippen LogP contribution < -0.4 is 42.0 Å². The molecule has 5 rings (SSSR count). The molecule has 826 valence electrons. The second-order valence-corrected chi connectivity index (χ2v) is 36.8. The number of hydrogen-bond donors (Lipinski definition) is 11. The Kier molecular flexibility index (Phi) is 60.4. The van der Waals surface area contributed by atoms with Crippen molar-refractivity contribution in [2.75, 3.05) is 219 Å². The van der Waals surface area contributed by atoms with Gasteiger partial charge in [-0.2, -0.15) is 0 Å². The number of aliphatic carboxylic acids is 1. The monoisotopic (exact) mass is 2080 g/mol. The summed E-state index contributed by atoms with van der Waals surface area (Å²) in [5, 5.41) is 61.3. The van der Waals surface area contributed by atoms with Crippen LogP contribution in [0.2, 0.25) is 0 Å². The van der Waals surface area contributed by atoms with Gasteiger partial charge in [0.05, 0.1) is 213 Å². The summed E-state index contributed by atoms with van der Waals surface area (Å²) in [7, 11) is 7.47. The zero-order valence-electron chi connectivity index (χ0n) is 87.6. The second kappa shape index (κ2) is 69.9. The quantitative estimate of drug-likeness (QED) is 0.0334. The van der Waals surface area contributed by atoms with Gasteiger partial charge in [-0.15, -0.1) is 0 Å². The summed E-state index contributed by atoms with van der Waals surface area (Å²) in [6.07, 6.45) is -6.30. The SMILES string of the molecule is CC[C@H](C)[C@@H]([C@@H](CC(=O)N1CCC[C@H]1[C@H](OC)[C@@H](C)C(=O)N[C@H](C)[C@@H](O)c1ccccc1)OC)N(C)C(=O)[C@@H](NC(=O)[C@H](C(C)C)N(C)C(=O)OCc1ccc(O[C@@H]2OC(C(=O)O)=C[C@H](O)[C@H]2O)c(NC(=O)CCNC(=O)[C@H](CCCCNC(=O)CCOCCOCCOCCOCCOCCOCCOCCOCCOCCOCCOCCOC)NC(=O)[C@@H](CNC(=O)OC(C)(C)C)N2C(=O)C=CC2=O)c1)C(C)C. The predicted molar refractivity (Wildman–Crippen MR) is 528 cm³/mol. The number of amides is 12. The van der Waals surface area contributed by atoms with Gasteiger partial charge in [0.2, 0.25) is 53.0 Å². The number of methoxy groups -OCH3 is 3. The van der Waals surface area contributed by atoms with Crippen molar-refractivity contribution in [3.63, 3.8) is 0 Å². The minimum absolute atomic E-state index is 0.00580. The Hall–Kier alpha value is -10.3. The summed E-state index contributed by atoms with van der Waals surface area (Å²) in [6, 6.07) is 5.34. The number of aliphatic hydroxyl groups is 3. The standard InChI is InChI=1S/C100H161N11O35/c1-17-67(6)87(78(130-15)62-84(117)110-36-23-27-74(110)90(131-16)68(7)91(120)104-69(8)88(118)71-24-19-18-20-25-71)108(12)95(124)85(65(2)3)107-94(123)86(66(4)5)109(13)99(128)143-64-70-28-29-77(144-97-89(119)76(112)61-79(145-97)96(125)126)73(60-70)105-81(114)32-35-102-92(121)72(106-93(122)75(111-82(115)30-31-83(111)116)63-103-98(127)146-100(9,10)11)26-21-22-34-101-80(113)33-37-132-40-41-134-44-45-136-48-49-138-52-53-140-56-57-142-59-58-141-55-54-139-51-50-137-47-46-135-43-42-133-39-38-129-14/h18-20,24-25,28-31,60-61,65-69,72,74-76,78,85-90,97,112,118-119H,17,21-23,26-27,32-59,62-64H2,1-16H3,(H,101,113)(H,102,121)(H,103,127)(H,104,120)(H,105,114)(H,106,122)(H,107,123)(H,125,126)/t67-,68+,69+,72-,74-,75+,76-,78+,85-,86-,87-,88+,89+,90+,97+/m0/s1. The van der Waals surface area contributed by atoms with Crippen molar-refractivity contribution in [2.24, 2.45) is 23.7 Å². The largest absolute Gasteiger partial charge is 0.475 e. The van der Waals surface area contributed by atoms with Crippen molar-refractivity contribution in [3.05, 3.63) is 83.6 Å². The number of aliphatic hydroxyl groups excluding tert-OH is 3. The molecule has 146 heavy (non-hydrogen) atoms. The maximum atomic E-state index is 15.1. The fraction of sp³-hybridized carbons (Fsp3) is 0.710. The summed E-state index contributed by atoms with van der Waals surface area (Å²) in [5.41, 5.74) is -0.419. The van der Waals surface area contributed by atoms with E-state index >= 15 is 4.79 Å². The fourth-order valence-corrected chi connectivity index (χ4v) is 15.9. The number of hydrogen-bond acceptors (Lipinski definition) is 34. The number of nitrogens with one attached hydrogen (secondary N) is 7. The molecule has 15 atom stereocenters. The van der Waals surface area contributed by atoms with Crippen molar-refractivity contribution in [1.82, 2.24) is 51.5 Å². The van der Waals surface area contributed by atoms with E-state index in [4.69, 9.17) is 85.3 Å². The molecule has 1 fully saturated rings. The summed E-state index contributed by atoms with van der Waals surface area (Å²) < 4.78 is 100. The molecule has 0 unspecified atom stereocenters. The molecule has 0 saturated carbocycles. The Bertz CT molecular complexity index is 4300. The molecule has 3 aliphatic rings. The molecule has 46 heteroatoms. The van der Waals surface area contributed by atoms with E-state index < -0.39 is 194 Å². The molecular weight excluding hydrogens is 1920 g/mol. The normalized spacial score (nSPS) is 17.5. The molecular formula is C100H161N11O35. The van der Waals surface area contributed by atoms with Crippen LogP contribution >= 0.6 is 0 Å². The number of anilines is 1. The lowest BCUT2D eigenvalue weighted by Crippen LogP contribution is -2.60. The Labute approximate surface area is 855 Å². The number of nitrogens with zero attached hydrogens (tertiary/aromatic N) is 4. The molecule has 0 aromatic heterocycles. The van der Waals surface area contributed by atoms with E-state index in [9.17, 15) is 78.0 Å². The maximum Gasteiger partial charge on any atom is 0.410 e. The first-order valence-corrected chi connectivity index (χ1v) is 49.9. The first-order chi connectivity index (χ1) is 69.8. The lowest BCUT2D eigenvalue weighted by atomic mass is 9.89. The molecule has 2 aromatic rings. The number of imide groups is 1. The highest BCUT2D eigenvalue weighted by molar-refractivity contribution is 6.15. The second-order valence-electron chi connectivity index (χ2n) is 36.8. The number of carboxylic acids is 1. The van der Waals surface area contributed by atoms with E-state index in [1.807, 2.05) is 19.9 Å². The van der Waals surface area contributed by atoms with Crippen LogP contribution in [0.5, 0.6) is 5.75 Å². The summed E-state index contributed by atoms with van der Waals surface area (Å²) in [6.45, 7) is 26.8. The molecule has 0 aliphatic carbocycles. The van der Waals surface area contributed by atoms with Crippen molar-refractivity contribution in [2.45, 2.75) is 225 Å². The van der Waals surface area contributed by atoms with Gasteiger partial charge < -0.3 is 153 Å². The van der Waals surface area contributed by atoms with Crippen LogP contribution in [0.15, 0.2) is 72.5 Å². The van der Waals surface area contributed by atoms with Crippen LogP contribution in [0, 0.1) is 23.7 Å². The van der Waals surface area contributed by atoms with Crippen LogP contribution in [0.25, 0.3) is 0 Å². The number of likely N-dealkylation sites (tertiary alicyclic amines) is 1. The lowest BCUT2D eigenvalue weighted by Gasteiger charge is -2.41. The molecule has 2 aromatic carbocycles. The summed E-state index contributed by atoms with van der Waals surface area (Å²) in [5.74, 6) is -11.6. The van der Waals surface area contributed by atoms with Crippen molar-refractivity contribution < 1.29 is 168 Å². The van der Waals surface area contributed by atoms with E-state index in [0.717, 1.165) is 23.1 Å². The molecule has 0 bridgehead atoms. The van der Waals surface area contributed by atoms with Crippen LogP contribution in [0.3, 0.4) is 0 Å². The van der Waals surface area contributed by atoms with Gasteiger partial charge in [0.1, 0.15) is 48.2 Å². The number of rotatable bonds is 76. The minimum Gasteiger partial charge on any atom is -0.475 e. The number of likely N-dealkylation sites (N-methyl/N-ethyl adjacent to an activating group) is 2. The first-order valence-electron chi connectivity index (χ1n) is 49.9. The Morgan fingerprint density at radius 1 is 0.589 bits per heavy atom. The zero-order valence-corrected chi connectivity index (χ0v) is 87.6. The number of carboxylic acid groups (broad SMARTS) is 1. The average molecular weight is 2080 g/mol. The van der Waals surface area contributed by atoms with Crippen molar-refractivity contribution in [1.29, 1.82) is 0 Å². The van der Waals surface area contributed by atoms with Crippen LogP contribution in [0.1, 0.15) is 151 Å². The molecule has 46 nitrogen and oxygen atoms in total. The predicted octanol–water partition coefficient (Wildman–Crippen LogP) is 3.26. The highest BCUT2D eigenvalue weighted by atomic mass is 16.7. The highest BCUT2D eigenvalue weighted by Crippen LogP contribution is 2.34. The molecule has 3 aliphatic heterocycles.